The molecular formula is C24H18ClFN4O3S. The zero-order chi connectivity index (χ0) is 23.8. The van der Waals surface area contributed by atoms with E-state index in [0.29, 0.717) is 39.1 Å². The number of nitrogens with zero attached hydrogens (tertiary/aromatic N) is 3. The average molecular weight is 497 g/mol. The number of ether oxygens (including phenoxy) is 1. The summed E-state index contributed by atoms with van der Waals surface area (Å²) in [4.78, 5) is 20.1. The van der Waals surface area contributed by atoms with Gasteiger partial charge in [-0.05, 0) is 54.3 Å². The summed E-state index contributed by atoms with van der Waals surface area (Å²) in [6, 6.07) is 13.7. The number of thiophene rings is 1. The van der Waals surface area contributed by atoms with Crippen LogP contribution in [0.3, 0.4) is 0 Å². The van der Waals surface area contributed by atoms with Crippen molar-refractivity contribution in [2.75, 3.05) is 12.0 Å². The van der Waals surface area contributed by atoms with Gasteiger partial charge in [0.1, 0.15) is 11.6 Å². The maximum Gasteiger partial charge on any atom is 0.326 e. The number of allylic oxidation sites excluding steroid dienone is 1. The summed E-state index contributed by atoms with van der Waals surface area (Å²) >= 11 is 7.80. The first-order valence-corrected chi connectivity index (χ1v) is 11.5. The molecule has 1 N–H and O–H groups in total. The molecule has 2 aromatic heterocycles. The molecule has 0 saturated heterocycles. The fraction of sp³-hybridized carbons (Fsp3) is 0.125. The third-order valence-corrected chi connectivity index (χ3v) is 6.62. The standard InChI is InChI=1S/C24H18ClFN4O3S/c1-13-20(23-28-22(29-33-23)19-7-4-10-34-19)21(14-5-3-6-15(26)11-14)27-24(31)30(13)16-8-9-18(32-2)17(25)12-16/h3-12,21H,1-2H3,(H,27,31). The van der Waals surface area contributed by atoms with E-state index in [1.54, 1.807) is 37.3 Å². The Morgan fingerprint density at radius 2 is 2.06 bits per heavy atom. The van der Waals surface area contributed by atoms with Crippen LogP contribution < -0.4 is 15.0 Å². The monoisotopic (exact) mass is 496 g/mol. The minimum atomic E-state index is -0.704. The van der Waals surface area contributed by atoms with E-state index >= 15 is 0 Å². The molecule has 1 atom stereocenters. The summed E-state index contributed by atoms with van der Waals surface area (Å²) in [5.41, 5.74) is 2.16. The van der Waals surface area contributed by atoms with Gasteiger partial charge in [0.2, 0.25) is 5.82 Å². The molecule has 34 heavy (non-hydrogen) atoms. The first-order valence-electron chi connectivity index (χ1n) is 10.2. The summed E-state index contributed by atoms with van der Waals surface area (Å²) in [6.07, 6.45) is 0. The fourth-order valence-corrected chi connectivity index (χ4v) is 4.80. The van der Waals surface area contributed by atoms with Gasteiger partial charge in [-0.3, -0.25) is 4.90 Å². The quantitative estimate of drug-likeness (QED) is 0.350. The number of anilines is 1. The molecule has 0 spiro atoms. The van der Waals surface area contributed by atoms with Gasteiger partial charge in [0, 0.05) is 5.70 Å². The Morgan fingerprint density at radius 1 is 1.21 bits per heavy atom. The number of urea groups is 1. The largest absolute Gasteiger partial charge is 0.495 e. The number of carbonyl (C=O) groups excluding carboxylic acids is 1. The Kier molecular flexibility index (Phi) is 5.80. The van der Waals surface area contributed by atoms with Crippen molar-refractivity contribution in [3.05, 3.63) is 88.0 Å². The van der Waals surface area contributed by atoms with Gasteiger partial charge in [-0.15, -0.1) is 11.3 Å². The van der Waals surface area contributed by atoms with E-state index in [0.717, 1.165) is 4.88 Å². The molecular weight excluding hydrogens is 479 g/mol. The number of rotatable bonds is 5. The van der Waals surface area contributed by atoms with Gasteiger partial charge in [-0.25, -0.2) is 9.18 Å². The molecule has 0 aliphatic carbocycles. The molecule has 7 nitrogen and oxygen atoms in total. The van der Waals surface area contributed by atoms with Crippen molar-refractivity contribution >= 4 is 40.2 Å². The van der Waals surface area contributed by atoms with Crippen molar-refractivity contribution in [2.24, 2.45) is 0 Å². The minimum absolute atomic E-state index is 0.222. The molecule has 5 rings (SSSR count). The summed E-state index contributed by atoms with van der Waals surface area (Å²) < 4.78 is 24.9. The molecule has 2 aromatic carbocycles. The van der Waals surface area contributed by atoms with Crippen molar-refractivity contribution < 1.29 is 18.4 Å². The van der Waals surface area contributed by atoms with Crippen molar-refractivity contribution in [1.29, 1.82) is 0 Å². The Labute approximate surface area is 203 Å². The summed E-state index contributed by atoms with van der Waals surface area (Å²) in [6.45, 7) is 1.77. The van der Waals surface area contributed by atoms with E-state index in [4.69, 9.17) is 20.9 Å². The SMILES string of the molecule is COc1ccc(N2C(=O)NC(c3cccc(F)c3)C(c3nc(-c4cccs4)no3)=C2C)cc1Cl. The number of halogens is 2. The lowest BCUT2D eigenvalue weighted by atomic mass is 9.94. The number of carbonyl (C=O) groups is 1. The lowest BCUT2D eigenvalue weighted by Crippen LogP contribution is -2.46. The molecule has 2 amide bonds. The third-order valence-electron chi connectivity index (χ3n) is 5.46. The molecule has 1 aliphatic rings. The molecule has 4 aromatic rings. The lowest BCUT2D eigenvalue weighted by molar-refractivity contribution is 0.244. The van der Waals surface area contributed by atoms with Crippen LogP contribution in [-0.4, -0.2) is 23.3 Å². The molecule has 10 heteroatoms. The third kappa shape index (κ3) is 3.93. The lowest BCUT2D eigenvalue weighted by Gasteiger charge is -2.35. The first kappa shape index (κ1) is 22.1. The highest BCUT2D eigenvalue weighted by Crippen LogP contribution is 2.40. The Hall–Kier alpha value is -3.69. The van der Waals surface area contributed by atoms with Gasteiger partial charge in [0.05, 0.1) is 34.3 Å². The highest BCUT2D eigenvalue weighted by molar-refractivity contribution is 7.13. The van der Waals surface area contributed by atoms with E-state index in [1.807, 2.05) is 17.5 Å². The molecule has 3 heterocycles. The van der Waals surface area contributed by atoms with Crippen molar-refractivity contribution in [3.63, 3.8) is 0 Å². The Bertz CT molecular complexity index is 1400. The van der Waals surface area contributed by atoms with E-state index in [9.17, 15) is 9.18 Å². The van der Waals surface area contributed by atoms with Crippen molar-refractivity contribution in [3.8, 4) is 16.5 Å². The van der Waals surface area contributed by atoms with Gasteiger partial charge in [0.25, 0.3) is 5.89 Å². The van der Waals surface area contributed by atoms with Crippen LogP contribution in [0.25, 0.3) is 16.3 Å². The molecule has 0 radical (unpaired) electrons. The van der Waals surface area contributed by atoms with E-state index in [1.165, 1.54) is 35.5 Å². The number of nitrogens with one attached hydrogen (secondary N) is 1. The summed E-state index contributed by atoms with van der Waals surface area (Å²) in [7, 11) is 1.52. The van der Waals surface area contributed by atoms with Crippen molar-refractivity contribution in [2.45, 2.75) is 13.0 Å². The summed E-state index contributed by atoms with van der Waals surface area (Å²) in [5, 5.41) is 9.33. The van der Waals surface area contributed by atoms with Crippen LogP contribution in [0.2, 0.25) is 5.02 Å². The first-order chi connectivity index (χ1) is 16.5. The number of methoxy groups -OCH3 is 1. The van der Waals surface area contributed by atoms with Crippen LogP contribution in [0.15, 0.2) is 70.2 Å². The fourth-order valence-electron chi connectivity index (χ4n) is 3.90. The maximum absolute atomic E-state index is 14.1. The minimum Gasteiger partial charge on any atom is -0.495 e. The topological polar surface area (TPSA) is 80.5 Å². The second kappa shape index (κ2) is 8.92. The molecule has 1 unspecified atom stereocenters. The molecule has 172 valence electrons. The van der Waals surface area contributed by atoms with Gasteiger partial charge < -0.3 is 14.6 Å². The number of amides is 2. The number of aromatic nitrogens is 2. The van der Waals surface area contributed by atoms with Gasteiger partial charge in [0.15, 0.2) is 0 Å². The molecule has 0 fully saturated rings. The van der Waals surface area contributed by atoms with Crippen LogP contribution in [0.1, 0.15) is 24.4 Å². The van der Waals surface area contributed by atoms with E-state index in [-0.39, 0.29) is 5.89 Å². The number of benzene rings is 2. The zero-order valence-corrected chi connectivity index (χ0v) is 19.7. The van der Waals surface area contributed by atoms with Crippen LogP contribution in [0, 0.1) is 5.82 Å². The summed E-state index contributed by atoms with van der Waals surface area (Å²) in [5.74, 6) is 0.719. The van der Waals surface area contributed by atoms with Crippen LogP contribution >= 0.6 is 22.9 Å². The molecule has 0 bridgehead atoms. The van der Waals surface area contributed by atoms with Crippen LogP contribution in [-0.2, 0) is 0 Å². The van der Waals surface area contributed by atoms with Crippen molar-refractivity contribution in [1.82, 2.24) is 15.5 Å². The van der Waals surface area contributed by atoms with E-state index in [2.05, 4.69) is 15.5 Å². The molecule has 1 aliphatic heterocycles. The highest BCUT2D eigenvalue weighted by atomic mass is 35.5. The average Bonchev–Trinajstić information content (AvgIpc) is 3.51. The van der Waals surface area contributed by atoms with Gasteiger partial charge >= 0.3 is 6.03 Å². The number of hydrogen-bond donors (Lipinski definition) is 1. The van der Waals surface area contributed by atoms with E-state index < -0.39 is 17.9 Å². The predicted octanol–water partition coefficient (Wildman–Crippen LogP) is 6.30. The van der Waals surface area contributed by atoms with Crippen LogP contribution in [0.5, 0.6) is 5.75 Å². The smallest absolute Gasteiger partial charge is 0.326 e. The number of hydrogen-bond acceptors (Lipinski definition) is 6. The normalized spacial score (nSPS) is 16.1. The maximum atomic E-state index is 14.1. The Balaban J connectivity index is 1.67. The molecule has 0 saturated carbocycles. The van der Waals surface area contributed by atoms with Gasteiger partial charge in [-0.2, -0.15) is 4.98 Å². The second-order valence-corrected chi connectivity index (χ2v) is 8.85. The van der Waals surface area contributed by atoms with Crippen LogP contribution in [0.4, 0.5) is 14.9 Å². The second-order valence-electron chi connectivity index (χ2n) is 7.49. The Morgan fingerprint density at radius 3 is 2.76 bits per heavy atom. The predicted molar refractivity (Wildman–Crippen MR) is 128 cm³/mol. The highest BCUT2D eigenvalue weighted by Gasteiger charge is 2.37. The zero-order valence-electron chi connectivity index (χ0n) is 18.1. The van der Waals surface area contributed by atoms with Gasteiger partial charge in [-0.1, -0.05) is 35.0 Å².